The van der Waals surface area contributed by atoms with Crippen molar-refractivity contribution in [1.82, 2.24) is 0 Å². The lowest BCUT2D eigenvalue weighted by molar-refractivity contribution is -0.870. The first-order chi connectivity index (χ1) is 42.6. The van der Waals surface area contributed by atoms with Crippen molar-refractivity contribution in [1.29, 1.82) is 0 Å². The molecular weight excluding hydrogens is 1080 g/mol. The number of hydrogen-bond donors (Lipinski definition) is 1. The lowest BCUT2D eigenvalue weighted by Gasteiger charge is -2.25. The molecule has 2 unspecified atom stereocenters. The molecule has 0 aliphatic rings. The van der Waals surface area contributed by atoms with E-state index in [1.807, 2.05) is 21.1 Å². The van der Waals surface area contributed by atoms with E-state index in [1.165, 1.54) is 276 Å². The van der Waals surface area contributed by atoms with Gasteiger partial charge in [-0.3, -0.25) is 9.59 Å². The van der Waals surface area contributed by atoms with Crippen LogP contribution < -0.4 is 0 Å². The van der Waals surface area contributed by atoms with Gasteiger partial charge in [-0.25, -0.2) is 4.79 Å². The molecule has 0 radical (unpaired) electrons. The Morgan fingerprint density at radius 2 is 0.621 bits per heavy atom. The van der Waals surface area contributed by atoms with Crippen LogP contribution in [0.5, 0.6) is 0 Å². The summed E-state index contributed by atoms with van der Waals surface area (Å²) in [6.07, 6.45) is 87.9. The Bertz CT molecular complexity index is 1610. The predicted molar refractivity (Wildman–Crippen MR) is 373 cm³/mol. The smallest absolute Gasteiger partial charge is 0.361 e. The van der Waals surface area contributed by atoms with E-state index in [2.05, 4.69) is 74.6 Å². The van der Waals surface area contributed by atoms with Gasteiger partial charge in [0.25, 0.3) is 6.29 Å². The number of unbranched alkanes of at least 4 members (excludes halogenated alkanes) is 45. The topological polar surface area (TPSA) is 108 Å². The summed E-state index contributed by atoms with van der Waals surface area (Å²) in [5.74, 6) is -1.99. The number of allylic oxidation sites excluding steroid dienone is 10. The molecule has 0 aliphatic heterocycles. The minimum absolute atomic E-state index is 0.181. The largest absolute Gasteiger partial charge is 0.477 e. The number of aliphatic carboxylic acids is 1. The fraction of sp³-hybridized carbons (Fsp3) is 0.833. The molecule has 0 aromatic rings. The van der Waals surface area contributed by atoms with Crippen molar-refractivity contribution in [2.45, 2.75) is 373 Å². The number of hydrogen-bond acceptors (Lipinski definition) is 7. The van der Waals surface area contributed by atoms with Gasteiger partial charge in [0.05, 0.1) is 34.4 Å². The van der Waals surface area contributed by atoms with E-state index in [1.54, 1.807) is 0 Å². The van der Waals surface area contributed by atoms with Crippen LogP contribution in [0.25, 0.3) is 0 Å². The number of nitrogens with zero attached hydrogens (tertiary/aromatic N) is 1. The molecule has 0 saturated carbocycles. The molecule has 0 aromatic carbocycles. The van der Waals surface area contributed by atoms with Gasteiger partial charge in [0, 0.05) is 12.8 Å². The number of carbonyl (C=O) groups excluding carboxylic acids is 2. The minimum Gasteiger partial charge on any atom is -0.477 e. The monoisotopic (exact) mass is 1220 g/mol. The summed E-state index contributed by atoms with van der Waals surface area (Å²) in [6.45, 7) is 4.90. The maximum atomic E-state index is 13.0. The van der Waals surface area contributed by atoms with Crippen LogP contribution in [0.3, 0.4) is 0 Å². The van der Waals surface area contributed by atoms with Gasteiger partial charge in [-0.2, -0.15) is 0 Å². The molecule has 0 aromatic heterocycles. The summed E-state index contributed by atoms with van der Waals surface area (Å²) in [4.78, 5) is 37.6. The average molecular weight is 1220 g/mol. The van der Waals surface area contributed by atoms with Crippen molar-refractivity contribution in [2.24, 2.45) is 0 Å². The summed E-state index contributed by atoms with van der Waals surface area (Å²) >= 11 is 0. The zero-order valence-corrected chi connectivity index (χ0v) is 58.2. The Hall–Kier alpha value is -3.01. The molecule has 0 aliphatic carbocycles. The van der Waals surface area contributed by atoms with E-state index < -0.39 is 18.4 Å². The number of rotatable bonds is 70. The summed E-state index contributed by atoms with van der Waals surface area (Å²) in [5, 5.41) is 9.75. The Kier molecular flexibility index (Phi) is 66.5. The lowest BCUT2D eigenvalue weighted by atomic mass is 10.0. The zero-order chi connectivity index (χ0) is 63.3. The van der Waals surface area contributed by atoms with Gasteiger partial charge in [-0.15, -0.1) is 0 Å². The van der Waals surface area contributed by atoms with Crippen LogP contribution in [0, 0.1) is 0 Å². The van der Waals surface area contributed by atoms with Crippen LogP contribution in [0.4, 0.5) is 0 Å². The number of quaternary nitrogens is 1. The molecule has 0 saturated heterocycles. The number of esters is 2. The van der Waals surface area contributed by atoms with Gasteiger partial charge >= 0.3 is 17.9 Å². The van der Waals surface area contributed by atoms with Crippen molar-refractivity contribution < 1.29 is 42.9 Å². The Balaban J connectivity index is 3.96. The normalized spacial score (nSPS) is 13.0. The molecule has 0 bridgehead atoms. The molecule has 0 amide bonds. The summed E-state index contributed by atoms with van der Waals surface area (Å²) in [7, 11) is 5.99. The Labute approximate surface area is 539 Å². The second kappa shape index (κ2) is 68.9. The SMILES string of the molecule is CCCCCCC/C=C\C/C=C\C/C=C\CCCCCCCCCCCCCCCCCCCCCCCCCCCCC(=O)OC(COC(=O)CCCCCCCCCCC/C=C\C/C=C\CCCCCCC)COC(OCC[N+](C)(C)C)C(=O)O. The molecule has 87 heavy (non-hydrogen) atoms. The first kappa shape index (κ1) is 84.0. The van der Waals surface area contributed by atoms with Gasteiger partial charge in [-0.1, -0.05) is 325 Å². The first-order valence-corrected chi connectivity index (χ1v) is 37.5. The van der Waals surface area contributed by atoms with Gasteiger partial charge in [0.1, 0.15) is 13.2 Å². The van der Waals surface area contributed by atoms with Crippen LogP contribution >= 0.6 is 0 Å². The predicted octanol–water partition coefficient (Wildman–Crippen LogP) is 23.5. The molecule has 0 heterocycles. The third-order valence-electron chi connectivity index (χ3n) is 16.7. The summed E-state index contributed by atoms with van der Waals surface area (Å²) in [6, 6.07) is 0. The van der Waals surface area contributed by atoms with E-state index in [0.717, 1.165) is 57.8 Å². The zero-order valence-electron chi connectivity index (χ0n) is 58.2. The quantitative estimate of drug-likeness (QED) is 0.0211. The fourth-order valence-corrected chi connectivity index (χ4v) is 11.0. The highest BCUT2D eigenvalue weighted by Crippen LogP contribution is 2.19. The maximum absolute atomic E-state index is 13.0. The van der Waals surface area contributed by atoms with Crippen LogP contribution in [-0.2, 0) is 33.3 Å². The van der Waals surface area contributed by atoms with Gasteiger partial charge < -0.3 is 28.5 Å². The third-order valence-corrected chi connectivity index (χ3v) is 16.7. The number of carbonyl (C=O) groups is 3. The van der Waals surface area contributed by atoms with Gasteiger partial charge in [-0.05, 0) is 83.5 Å². The summed E-state index contributed by atoms with van der Waals surface area (Å²) < 4.78 is 23.0. The van der Waals surface area contributed by atoms with E-state index in [-0.39, 0.29) is 38.2 Å². The second-order valence-corrected chi connectivity index (χ2v) is 26.6. The first-order valence-electron chi connectivity index (χ1n) is 37.5. The number of carboxylic acid groups (broad SMARTS) is 1. The van der Waals surface area contributed by atoms with Crippen LogP contribution in [0.1, 0.15) is 361 Å². The molecule has 9 nitrogen and oxygen atoms in total. The Morgan fingerprint density at radius 3 is 0.920 bits per heavy atom. The molecule has 0 fully saturated rings. The van der Waals surface area contributed by atoms with Crippen molar-refractivity contribution >= 4 is 17.9 Å². The van der Waals surface area contributed by atoms with Gasteiger partial charge in [0.2, 0.25) is 0 Å². The highest BCUT2D eigenvalue weighted by molar-refractivity contribution is 5.71. The maximum Gasteiger partial charge on any atom is 0.361 e. The second-order valence-electron chi connectivity index (χ2n) is 26.6. The standard InChI is InChI=1S/C78H143NO8/c1-6-8-10-12-14-16-18-20-22-24-26-28-29-30-31-32-33-34-35-36-37-38-39-40-41-42-43-44-45-46-47-49-51-53-55-57-59-61-63-65-67-69-76(81)87-74(73-86-78(77(82)83)84-71-70-79(3,4)5)72-85-75(80)68-66-64-62-60-58-56-54-52-50-48-27-25-23-21-19-17-15-13-11-9-7-2/h18-21,24-27,29-30,74,78H,6-17,22-23,28,31-73H2,1-5H3/p+1/b20-18-,21-19-,26-24-,27-25-,30-29-. The van der Waals surface area contributed by atoms with Crippen molar-refractivity contribution in [2.75, 3.05) is 47.5 Å². The average Bonchev–Trinajstić information content (AvgIpc) is 3.59. The summed E-state index contributed by atoms with van der Waals surface area (Å²) in [5.41, 5.74) is 0. The molecule has 508 valence electrons. The van der Waals surface area contributed by atoms with E-state index in [9.17, 15) is 19.5 Å². The van der Waals surface area contributed by atoms with Crippen molar-refractivity contribution in [3.63, 3.8) is 0 Å². The molecule has 0 rings (SSSR count). The number of ether oxygens (including phenoxy) is 4. The highest BCUT2D eigenvalue weighted by Gasteiger charge is 2.25. The molecule has 0 spiro atoms. The molecule has 9 heteroatoms. The van der Waals surface area contributed by atoms with Crippen LogP contribution in [0.15, 0.2) is 60.8 Å². The van der Waals surface area contributed by atoms with Crippen LogP contribution in [-0.4, -0.2) is 87.4 Å². The minimum atomic E-state index is -1.51. The number of carboxylic acids is 1. The number of likely N-dealkylation sites (N-methyl/N-ethyl adjacent to an activating group) is 1. The van der Waals surface area contributed by atoms with Gasteiger partial charge in [0.15, 0.2) is 6.10 Å². The van der Waals surface area contributed by atoms with Crippen molar-refractivity contribution in [3.8, 4) is 0 Å². The van der Waals surface area contributed by atoms with E-state index in [0.29, 0.717) is 17.4 Å². The highest BCUT2D eigenvalue weighted by atomic mass is 16.7. The third kappa shape index (κ3) is 70.3. The van der Waals surface area contributed by atoms with E-state index >= 15 is 0 Å². The van der Waals surface area contributed by atoms with Crippen LogP contribution in [0.2, 0.25) is 0 Å². The molecular formula is C78H144NO8+. The van der Waals surface area contributed by atoms with Crippen molar-refractivity contribution in [3.05, 3.63) is 60.8 Å². The Morgan fingerprint density at radius 1 is 0.345 bits per heavy atom. The van der Waals surface area contributed by atoms with E-state index in [4.69, 9.17) is 18.9 Å². The molecule has 2 atom stereocenters. The fourth-order valence-electron chi connectivity index (χ4n) is 11.0. The molecule has 1 N–H and O–H groups in total. The lowest BCUT2D eigenvalue weighted by Crippen LogP contribution is -2.40.